The molecule has 0 radical (unpaired) electrons. The summed E-state index contributed by atoms with van der Waals surface area (Å²) in [6, 6.07) is 11.0. The van der Waals surface area contributed by atoms with Crippen LogP contribution in [0.25, 0.3) is 17.1 Å². The fraction of sp³-hybridized carbons (Fsp3) is 0.357. The number of H-pyrrole nitrogens is 1. The van der Waals surface area contributed by atoms with E-state index in [1.165, 1.54) is 0 Å². The van der Waals surface area contributed by atoms with E-state index in [4.69, 9.17) is 39.8 Å². The van der Waals surface area contributed by atoms with Gasteiger partial charge in [-0.05, 0) is 36.2 Å². The molecule has 2 aromatic carbocycles. The molecule has 3 aliphatic heterocycles. The van der Waals surface area contributed by atoms with E-state index in [0.29, 0.717) is 56.5 Å². The number of carbonyl (C=O) groups excluding carboxylic acids is 1. The number of likely N-dealkylation sites (N-methyl/N-ethyl adjacent to an activating group) is 1. The fourth-order valence-corrected chi connectivity index (χ4v) is 5.79. The molecule has 1 fully saturated rings. The summed E-state index contributed by atoms with van der Waals surface area (Å²) in [6.07, 6.45) is 0.712. The van der Waals surface area contributed by atoms with Gasteiger partial charge in [-0.15, -0.1) is 0 Å². The Balaban J connectivity index is 1.43. The molecule has 39 heavy (non-hydrogen) atoms. The lowest BCUT2D eigenvalue weighted by Crippen LogP contribution is -2.47. The molecule has 1 saturated heterocycles. The third-order valence-electron chi connectivity index (χ3n) is 7.00. The van der Waals surface area contributed by atoms with E-state index in [1.54, 1.807) is 16.8 Å². The lowest BCUT2D eigenvalue weighted by molar-refractivity contribution is -0.132. The lowest BCUT2D eigenvalue weighted by Gasteiger charge is -2.32. The van der Waals surface area contributed by atoms with Crippen molar-refractivity contribution in [2.24, 2.45) is 0 Å². The van der Waals surface area contributed by atoms with Crippen molar-refractivity contribution in [3.63, 3.8) is 0 Å². The third kappa shape index (κ3) is 5.84. The smallest absolute Gasteiger partial charge is 0.284 e. The Morgan fingerprint density at radius 1 is 0.974 bits per heavy atom. The van der Waals surface area contributed by atoms with E-state index in [2.05, 4.69) is 22.0 Å². The largest absolute Gasteiger partial charge is 0.340 e. The molecular weight excluding hydrogens is 559 g/mol. The van der Waals surface area contributed by atoms with Crippen LogP contribution in [0.15, 0.2) is 41.2 Å². The maximum atomic E-state index is 13.2. The van der Waals surface area contributed by atoms with E-state index in [0.717, 1.165) is 37.3 Å². The number of nitrogens with one attached hydrogen (secondary N) is 1. The van der Waals surface area contributed by atoms with Gasteiger partial charge in [0.2, 0.25) is 5.91 Å². The van der Waals surface area contributed by atoms with Gasteiger partial charge >= 0.3 is 0 Å². The van der Waals surface area contributed by atoms with Crippen molar-refractivity contribution in [1.82, 2.24) is 29.5 Å². The van der Waals surface area contributed by atoms with Crippen LogP contribution in [0, 0.1) is 0 Å². The summed E-state index contributed by atoms with van der Waals surface area (Å²) in [5.74, 6) is 0.909. The number of fused-ring (bicyclic) bond motifs is 1. The first-order chi connectivity index (χ1) is 18.6. The van der Waals surface area contributed by atoms with Crippen LogP contribution < -0.4 is 5.56 Å². The fourth-order valence-electron chi connectivity index (χ4n) is 4.81. The zero-order valence-electron chi connectivity index (χ0n) is 22.0. The van der Waals surface area contributed by atoms with Crippen LogP contribution in [-0.2, 0) is 17.6 Å². The highest BCUT2D eigenvalue weighted by atomic mass is 35.5. The molecule has 3 aliphatic rings. The van der Waals surface area contributed by atoms with Crippen molar-refractivity contribution >= 4 is 40.7 Å². The Labute approximate surface area is 241 Å². The highest BCUT2D eigenvalue weighted by Crippen LogP contribution is 2.36. The van der Waals surface area contributed by atoms with Crippen molar-refractivity contribution in [2.75, 3.05) is 33.2 Å². The molecular formula is C28H29Cl3N6O2. The van der Waals surface area contributed by atoms with Crippen LogP contribution in [0.5, 0.6) is 0 Å². The maximum absolute atomic E-state index is 13.2. The first-order valence-corrected chi connectivity index (χ1v) is 13.9. The summed E-state index contributed by atoms with van der Waals surface area (Å²) >= 11 is 19.1. The number of halogens is 3. The Kier molecular flexibility index (Phi) is 8.01. The van der Waals surface area contributed by atoms with Gasteiger partial charge in [-0.2, -0.15) is 4.98 Å². The summed E-state index contributed by atoms with van der Waals surface area (Å²) in [4.78, 5) is 39.1. The highest BCUT2D eigenvalue weighted by molar-refractivity contribution is 6.40. The number of nitrogens with zero attached hydrogens (tertiary/aromatic N) is 5. The van der Waals surface area contributed by atoms with Crippen molar-refractivity contribution in [1.29, 1.82) is 0 Å². The Bertz CT molecular complexity index is 1510. The molecule has 204 valence electrons. The van der Waals surface area contributed by atoms with E-state index in [9.17, 15) is 9.59 Å². The molecule has 3 heterocycles. The minimum absolute atomic E-state index is 0.00171. The van der Waals surface area contributed by atoms with E-state index >= 15 is 0 Å². The molecule has 0 unspecified atom stereocenters. The van der Waals surface area contributed by atoms with E-state index in [-0.39, 0.29) is 17.4 Å². The monoisotopic (exact) mass is 586 g/mol. The van der Waals surface area contributed by atoms with Crippen LogP contribution in [-0.4, -0.2) is 68.7 Å². The van der Waals surface area contributed by atoms with Gasteiger partial charge in [-0.25, -0.2) is 9.67 Å². The third-order valence-corrected chi connectivity index (χ3v) is 7.79. The Morgan fingerprint density at radius 2 is 1.59 bits per heavy atom. The number of aromatic amines is 1. The first kappa shape index (κ1) is 27.6. The van der Waals surface area contributed by atoms with Gasteiger partial charge in [0.1, 0.15) is 17.1 Å². The van der Waals surface area contributed by atoms with Gasteiger partial charge in [0, 0.05) is 37.6 Å². The molecule has 1 N–H and O–H groups in total. The maximum Gasteiger partial charge on any atom is 0.284 e. The number of amides is 1. The normalized spacial score (nSPS) is 14.5. The molecule has 0 aliphatic carbocycles. The zero-order chi connectivity index (χ0) is 27.8. The van der Waals surface area contributed by atoms with Crippen LogP contribution in [0.3, 0.4) is 0 Å². The second-order valence-corrected chi connectivity index (χ2v) is 11.5. The minimum Gasteiger partial charge on any atom is -0.340 e. The number of benzene rings is 2. The van der Waals surface area contributed by atoms with Gasteiger partial charge < -0.3 is 9.80 Å². The van der Waals surface area contributed by atoms with Crippen molar-refractivity contribution < 1.29 is 4.79 Å². The second-order valence-electron chi connectivity index (χ2n) is 10.2. The molecule has 1 amide bonds. The second kappa shape index (κ2) is 11.3. The molecule has 0 aromatic heterocycles. The number of piperazine rings is 1. The summed E-state index contributed by atoms with van der Waals surface area (Å²) in [7, 11) is 2.07. The topological polar surface area (TPSA) is 87.1 Å². The van der Waals surface area contributed by atoms with Gasteiger partial charge in [0.25, 0.3) is 5.56 Å². The number of rotatable bonds is 6. The number of hydrogen-bond acceptors (Lipinski definition) is 5. The van der Waals surface area contributed by atoms with Crippen molar-refractivity contribution in [3.8, 4) is 17.1 Å². The summed E-state index contributed by atoms with van der Waals surface area (Å²) in [5.41, 5.74) is 3.05. The molecule has 8 nitrogen and oxygen atoms in total. The predicted octanol–water partition coefficient (Wildman–Crippen LogP) is 5.05. The van der Waals surface area contributed by atoms with Crippen LogP contribution in [0.1, 0.15) is 42.4 Å². The SMILES string of the molecule is CC(C)c1[nH]n(-c2c(Cl)cc(Cl)cc2Cl)c2nc(Cc3ccc(CC(=O)N4CCN(C)CC4)cc3)nc(=O)c1-2. The molecule has 0 atom stereocenters. The average molecular weight is 588 g/mol. The summed E-state index contributed by atoms with van der Waals surface area (Å²) in [5, 5.41) is 4.31. The average Bonchev–Trinajstić information content (AvgIpc) is 3.25. The number of hydrogen-bond donors (Lipinski definition) is 1. The van der Waals surface area contributed by atoms with E-state index in [1.807, 2.05) is 43.0 Å². The lowest BCUT2D eigenvalue weighted by atomic mass is 10.0. The van der Waals surface area contributed by atoms with Crippen LogP contribution in [0.2, 0.25) is 15.1 Å². The quantitative estimate of drug-likeness (QED) is 0.341. The molecule has 5 rings (SSSR count). The molecule has 0 bridgehead atoms. The predicted molar refractivity (Wildman–Crippen MR) is 155 cm³/mol. The number of carbonyl (C=O) groups is 1. The van der Waals surface area contributed by atoms with Crippen LogP contribution >= 0.6 is 34.8 Å². The minimum atomic E-state index is -0.371. The van der Waals surface area contributed by atoms with Gasteiger partial charge in [-0.1, -0.05) is 72.9 Å². The Hall–Kier alpha value is -2.91. The van der Waals surface area contributed by atoms with Gasteiger partial charge in [0.05, 0.1) is 22.2 Å². The Morgan fingerprint density at radius 3 is 2.21 bits per heavy atom. The zero-order valence-corrected chi connectivity index (χ0v) is 24.2. The summed E-state index contributed by atoms with van der Waals surface area (Å²) < 4.78 is 1.63. The molecule has 11 heteroatoms. The molecule has 2 aromatic rings. The highest BCUT2D eigenvalue weighted by Gasteiger charge is 2.27. The standard InChI is InChI=1S/C28H29Cl3N6O2/c1-16(2)25-24-27(37(34-25)26-20(30)14-19(29)15-21(26)31)32-22(33-28(24)39)12-17-4-6-18(7-5-17)13-23(38)36-10-8-35(3)9-11-36/h4-7,14-16,34H,8-13H2,1-3H3. The van der Waals surface area contributed by atoms with E-state index < -0.39 is 0 Å². The van der Waals surface area contributed by atoms with Gasteiger partial charge in [0.15, 0.2) is 5.82 Å². The van der Waals surface area contributed by atoms with Crippen LogP contribution in [0.4, 0.5) is 0 Å². The van der Waals surface area contributed by atoms with Crippen molar-refractivity contribution in [3.05, 3.63) is 84.5 Å². The number of aromatic nitrogens is 4. The molecule has 0 saturated carbocycles. The van der Waals surface area contributed by atoms with Gasteiger partial charge in [-0.3, -0.25) is 14.7 Å². The molecule has 0 spiro atoms. The van der Waals surface area contributed by atoms with Crippen molar-refractivity contribution in [2.45, 2.75) is 32.6 Å². The summed E-state index contributed by atoms with van der Waals surface area (Å²) in [6.45, 7) is 7.26. The first-order valence-electron chi connectivity index (χ1n) is 12.8.